The molecule has 180 valence electrons. The van der Waals surface area contributed by atoms with Crippen LogP contribution in [0.4, 0.5) is 5.13 Å². The number of hydrogen-bond donors (Lipinski definition) is 3. The number of aliphatic hydroxyl groups is 3. The smallest absolute Gasteiger partial charge is 0.253 e. The first kappa shape index (κ1) is 23.7. The molecule has 1 aromatic heterocycles. The van der Waals surface area contributed by atoms with Crippen molar-refractivity contribution >= 4 is 22.4 Å². The van der Waals surface area contributed by atoms with Gasteiger partial charge in [0.2, 0.25) is 0 Å². The molecule has 10 heteroatoms. The van der Waals surface area contributed by atoms with Crippen molar-refractivity contribution in [3.8, 4) is 11.5 Å². The molecule has 0 aliphatic carbocycles. The van der Waals surface area contributed by atoms with Gasteiger partial charge in [-0.3, -0.25) is 4.79 Å². The van der Waals surface area contributed by atoms with Gasteiger partial charge in [0.05, 0.1) is 32.9 Å². The highest BCUT2D eigenvalue weighted by atomic mass is 32.1. The average Bonchev–Trinajstić information content (AvgIpc) is 3.43. The summed E-state index contributed by atoms with van der Waals surface area (Å²) in [6, 6.07) is 5.69. The predicted octanol–water partition coefficient (Wildman–Crippen LogP) is 1.09. The summed E-state index contributed by atoms with van der Waals surface area (Å²) < 4.78 is 11.8. The fourth-order valence-corrected chi connectivity index (χ4v) is 5.27. The lowest BCUT2D eigenvalue weighted by Gasteiger charge is -2.39. The molecule has 3 heterocycles. The highest BCUT2D eigenvalue weighted by molar-refractivity contribution is 7.13. The Labute approximate surface area is 197 Å². The number of nitrogens with zero attached hydrogens (tertiary/aromatic N) is 3. The van der Waals surface area contributed by atoms with E-state index < -0.39 is 30.1 Å². The maximum absolute atomic E-state index is 12.5. The summed E-state index contributed by atoms with van der Waals surface area (Å²) in [6.07, 6.45) is -0.370. The SMILES string of the molecule is COc1ccc([C@@H]2CN(C(=O)[C@@H](O)CO)C[C@@]2(C)[C@@H](C)O)cc1OC1CN(c2nccs2)C1. The van der Waals surface area contributed by atoms with Crippen LogP contribution in [0.15, 0.2) is 29.8 Å². The van der Waals surface area contributed by atoms with E-state index in [0.717, 1.165) is 23.8 Å². The molecule has 0 unspecified atom stereocenters. The molecular formula is C23H31N3O6S. The Morgan fingerprint density at radius 2 is 2.06 bits per heavy atom. The van der Waals surface area contributed by atoms with Crippen LogP contribution in [0.1, 0.15) is 25.3 Å². The monoisotopic (exact) mass is 477 g/mol. The summed E-state index contributed by atoms with van der Waals surface area (Å²) in [4.78, 5) is 20.5. The Bertz CT molecular complexity index is 965. The lowest BCUT2D eigenvalue weighted by atomic mass is 9.72. The first-order chi connectivity index (χ1) is 15.8. The molecule has 3 N–H and O–H groups in total. The highest BCUT2D eigenvalue weighted by Gasteiger charge is 2.49. The second-order valence-corrected chi connectivity index (χ2v) is 9.89. The summed E-state index contributed by atoms with van der Waals surface area (Å²) in [5.41, 5.74) is 0.286. The highest BCUT2D eigenvalue weighted by Crippen LogP contribution is 2.47. The molecule has 9 nitrogen and oxygen atoms in total. The fraction of sp³-hybridized carbons (Fsp3) is 0.565. The molecule has 4 atom stereocenters. The Morgan fingerprint density at radius 1 is 1.30 bits per heavy atom. The third-order valence-corrected chi connectivity index (χ3v) is 7.71. The molecule has 0 radical (unpaired) electrons. The van der Waals surface area contributed by atoms with Gasteiger partial charge in [-0.2, -0.15) is 0 Å². The van der Waals surface area contributed by atoms with Gasteiger partial charge in [0.1, 0.15) is 6.10 Å². The Hall–Kier alpha value is -2.40. The van der Waals surface area contributed by atoms with E-state index in [1.807, 2.05) is 30.5 Å². The predicted molar refractivity (Wildman–Crippen MR) is 124 cm³/mol. The number of amides is 1. The summed E-state index contributed by atoms with van der Waals surface area (Å²) in [5.74, 6) is 0.515. The molecule has 2 aliphatic rings. The number of hydrogen-bond acceptors (Lipinski definition) is 9. The maximum Gasteiger partial charge on any atom is 0.253 e. The van der Waals surface area contributed by atoms with Crippen molar-refractivity contribution in [2.24, 2.45) is 5.41 Å². The molecule has 2 aromatic rings. The van der Waals surface area contributed by atoms with Crippen molar-refractivity contribution in [1.82, 2.24) is 9.88 Å². The minimum absolute atomic E-state index is 0.00237. The summed E-state index contributed by atoms with van der Waals surface area (Å²) in [6.45, 7) is 5.08. The van der Waals surface area contributed by atoms with E-state index in [0.29, 0.717) is 18.0 Å². The van der Waals surface area contributed by atoms with Gasteiger partial charge in [0, 0.05) is 36.0 Å². The number of aromatic nitrogens is 1. The molecule has 1 aromatic carbocycles. The number of anilines is 1. The van der Waals surface area contributed by atoms with E-state index in [4.69, 9.17) is 9.47 Å². The zero-order valence-corrected chi connectivity index (χ0v) is 19.9. The minimum atomic E-state index is -1.46. The number of carbonyl (C=O) groups is 1. The van der Waals surface area contributed by atoms with Gasteiger partial charge in [-0.1, -0.05) is 13.0 Å². The molecule has 2 fully saturated rings. The number of aliphatic hydroxyl groups excluding tert-OH is 3. The van der Waals surface area contributed by atoms with Crippen LogP contribution in [0, 0.1) is 5.41 Å². The van der Waals surface area contributed by atoms with E-state index in [9.17, 15) is 20.1 Å². The van der Waals surface area contributed by atoms with Gasteiger partial charge in [0.15, 0.2) is 22.7 Å². The molecule has 0 bridgehead atoms. The van der Waals surface area contributed by atoms with Crippen LogP contribution >= 0.6 is 11.3 Å². The largest absolute Gasteiger partial charge is 0.493 e. The second kappa shape index (κ2) is 9.46. The number of ether oxygens (including phenoxy) is 2. The normalized spacial score (nSPS) is 25.0. The van der Waals surface area contributed by atoms with Crippen LogP contribution in [-0.2, 0) is 4.79 Å². The Morgan fingerprint density at radius 3 is 2.67 bits per heavy atom. The molecule has 2 aliphatic heterocycles. The molecular weight excluding hydrogens is 446 g/mol. The number of rotatable bonds is 8. The van der Waals surface area contributed by atoms with E-state index in [2.05, 4.69) is 9.88 Å². The topological polar surface area (TPSA) is 116 Å². The van der Waals surface area contributed by atoms with Crippen LogP contribution < -0.4 is 14.4 Å². The van der Waals surface area contributed by atoms with Gasteiger partial charge >= 0.3 is 0 Å². The van der Waals surface area contributed by atoms with Crippen molar-refractivity contribution < 1.29 is 29.6 Å². The van der Waals surface area contributed by atoms with Crippen LogP contribution in [0.3, 0.4) is 0 Å². The third-order valence-electron chi connectivity index (χ3n) is 6.88. The maximum atomic E-state index is 12.5. The third kappa shape index (κ3) is 4.52. The molecule has 0 spiro atoms. The van der Waals surface area contributed by atoms with Crippen LogP contribution in [-0.4, -0.2) is 89.3 Å². The van der Waals surface area contributed by atoms with Gasteiger partial charge < -0.3 is 34.6 Å². The number of thiazole rings is 1. The van der Waals surface area contributed by atoms with E-state index in [1.165, 1.54) is 4.90 Å². The number of carbonyl (C=O) groups excluding carboxylic acids is 1. The molecule has 1 amide bonds. The lowest BCUT2D eigenvalue weighted by molar-refractivity contribution is -0.141. The van der Waals surface area contributed by atoms with Crippen LogP contribution in [0.5, 0.6) is 11.5 Å². The standard InChI is InChI=1S/C23H31N3O6S/c1-14(28)23(2)13-26(21(30)18(29)12-27)11-17(23)15-4-5-19(31-3)20(8-15)32-16-9-25(10-16)22-24-6-7-33-22/h4-8,14,16-18,27-29H,9-13H2,1-3H3/t14-,17+,18+,23+/m1/s1. The first-order valence-corrected chi connectivity index (χ1v) is 11.9. The fourth-order valence-electron chi connectivity index (χ4n) is 4.60. The summed E-state index contributed by atoms with van der Waals surface area (Å²) in [7, 11) is 1.59. The number of likely N-dealkylation sites (tertiary alicyclic amines) is 1. The van der Waals surface area contributed by atoms with Gasteiger partial charge in [0.25, 0.3) is 5.91 Å². The zero-order valence-electron chi connectivity index (χ0n) is 19.0. The van der Waals surface area contributed by atoms with Crippen LogP contribution in [0.2, 0.25) is 0 Å². The first-order valence-electron chi connectivity index (χ1n) is 11.0. The number of methoxy groups -OCH3 is 1. The van der Waals surface area contributed by atoms with Gasteiger partial charge in [-0.05, 0) is 24.6 Å². The van der Waals surface area contributed by atoms with Gasteiger partial charge in [-0.25, -0.2) is 4.98 Å². The van der Waals surface area contributed by atoms with Crippen molar-refractivity contribution in [2.45, 2.75) is 38.1 Å². The van der Waals surface area contributed by atoms with Crippen molar-refractivity contribution in [3.05, 3.63) is 35.3 Å². The molecule has 0 saturated carbocycles. The lowest BCUT2D eigenvalue weighted by Crippen LogP contribution is -2.54. The Kier molecular flexibility index (Phi) is 6.81. The van der Waals surface area contributed by atoms with Crippen molar-refractivity contribution in [2.75, 3.05) is 44.8 Å². The van der Waals surface area contributed by atoms with Crippen molar-refractivity contribution in [1.29, 1.82) is 0 Å². The Balaban J connectivity index is 1.54. The summed E-state index contributed by atoms with van der Waals surface area (Å²) >= 11 is 1.60. The van der Waals surface area contributed by atoms with Crippen molar-refractivity contribution in [3.63, 3.8) is 0 Å². The van der Waals surface area contributed by atoms with Crippen LogP contribution in [0.25, 0.3) is 0 Å². The van der Waals surface area contributed by atoms with E-state index >= 15 is 0 Å². The second-order valence-electron chi connectivity index (χ2n) is 9.02. The molecule has 4 rings (SSSR count). The summed E-state index contributed by atoms with van der Waals surface area (Å²) in [5, 5.41) is 32.6. The van der Waals surface area contributed by atoms with Gasteiger partial charge in [-0.15, -0.1) is 11.3 Å². The van der Waals surface area contributed by atoms with E-state index in [1.54, 1.807) is 31.6 Å². The minimum Gasteiger partial charge on any atom is -0.493 e. The molecule has 33 heavy (non-hydrogen) atoms. The molecule has 2 saturated heterocycles. The average molecular weight is 478 g/mol. The quantitative estimate of drug-likeness (QED) is 0.518. The van der Waals surface area contributed by atoms with E-state index in [-0.39, 0.29) is 18.6 Å². The number of benzene rings is 1. The zero-order chi connectivity index (χ0) is 23.8.